The fourth-order valence-corrected chi connectivity index (χ4v) is 1.48. The molecule has 0 radical (unpaired) electrons. The van der Waals surface area contributed by atoms with Gasteiger partial charge in [-0.3, -0.25) is 4.57 Å². The van der Waals surface area contributed by atoms with E-state index in [1.54, 1.807) is 11.6 Å². The Kier molecular flexibility index (Phi) is 3.38. The number of thioether (sulfide) groups is 1. The molecule has 0 aliphatic carbocycles. The van der Waals surface area contributed by atoms with Gasteiger partial charge >= 0.3 is 5.97 Å². The molecule has 1 aromatic heterocycles. The zero-order chi connectivity index (χ0) is 11.6. The monoisotopic (exact) mass is 229 g/mol. The van der Waals surface area contributed by atoms with Crippen molar-refractivity contribution in [3.8, 4) is 0 Å². The van der Waals surface area contributed by atoms with Gasteiger partial charge in [-0.15, -0.1) is 10.2 Å². The van der Waals surface area contributed by atoms with Crippen LogP contribution in [0.2, 0.25) is 0 Å². The van der Waals surface area contributed by atoms with Crippen LogP contribution in [0.25, 0.3) is 0 Å². The van der Waals surface area contributed by atoms with Crippen LogP contribution in [0.15, 0.2) is 5.16 Å². The Morgan fingerprint density at radius 1 is 1.40 bits per heavy atom. The highest BCUT2D eigenvalue weighted by molar-refractivity contribution is 7.98. The number of carbonyl (C=O) groups excluding carboxylic acids is 1. The van der Waals surface area contributed by atoms with Crippen molar-refractivity contribution in [3.05, 3.63) is 5.82 Å². The molecule has 1 aromatic rings. The number of ether oxygens (including phenoxy) is 1. The molecule has 0 amide bonds. The lowest BCUT2D eigenvalue weighted by atomic mass is 10.2. The molecule has 0 saturated heterocycles. The molecular formula is C9H15N3O2S. The van der Waals surface area contributed by atoms with Crippen molar-refractivity contribution in [1.82, 2.24) is 14.8 Å². The predicted octanol–water partition coefficient (Wildman–Crippen LogP) is 1.49. The van der Waals surface area contributed by atoms with Crippen LogP contribution in [0.4, 0.5) is 0 Å². The predicted molar refractivity (Wildman–Crippen MR) is 58.0 cm³/mol. The summed E-state index contributed by atoms with van der Waals surface area (Å²) >= 11 is 1.43. The maximum absolute atomic E-state index is 11.7. The smallest absolute Gasteiger partial charge is 0.377 e. The summed E-state index contributed by atoms with van der Waals surface area (Å²) < 4.78 is 6.81. The molecule has 0 aliphatic heterocycles. The summed E-state index contributed by atoms with van der Waals surface area (Å²) in [5.74, 6) is -0.216. The molecule has 84 valence electrons. The van der Waals surface area contributed by atoms with Gasteiger partial charge in [0.15, 0.2) is 5.16 Å². The number of nitrogens with zero attached hydrogens (tertiary/aromatic N) is 3. The van der Waals surface area contributed by atoms with E-state index in [1.165, 1.54) is 11.8 Å². The van der Waals surface area contributed by atoms with Crippen LogP contribution in [0.3, 0.4) is 0 Å². The number of esters is 1. The van der Waals surface area contributed by atoms with Crippen molar-refractivity contribution in [2.45, 2.75) is 31.5 Å². The van der Waals surface area contributed by atoms with E-state index in [0.717, 1.165) is 0 Å². The van der Waals surface area contributed by atoms with Gasteiger partial charge in [-0.2, -0.15) is 0 Å². The minimum atomic E-state index is -0.511. The fourth-order valence-electron chi connectivity index (χ4n) is 0.994. The normalized spacial score (nSPS) is 11.5. The van der Waals surface area contributed by atoms with Gasteiger partial charge in [-0.05, 0) is 27.0 Å². The summed E-state index contributed by atoms with van der Waals surface area (Å²) in [4.78, 5) is 11.7. The molecule has 0 N–H and O–H groups in total. The van der Waals surface area contributed by atoms with Gasteiger partial charge in [-0.1, -0.05) is 11.8 Å². The van der Waals surface area contributed by atoms with E-state index in [0.29, 0.717) is 5.16 Å². The quantitative estimate of drug-likeness (QED) is 0.568. The van der Waals surface area contributed by atoms with E-state index < -0.39 is 11.6 Å². The third-order valence-corrected chi connectivity index (χ3v) is 2.32. The maximum Gasteiger partial charge on any atom is 0.377 e. The third-order valence-electron chi connectivity index (χ3n) is 1.60. The Balaban J connectivity index is 2.88. The topological polar surface area (TPSA) is 57.0 Å². The first-order valence-corrected chi connectivity index (χ1v) is 5.74. The highest BCUT2D eigenvalue weighted by atomic mass is 32.2. The van der Waals surface area contributed by atoms with Gasteiger partial charge in [0, 0.05) is 7.05 Å². The summed E-state index contributed by atoms with van der Waals surface area (Å²) in [5.41, 5.74) is -0.511. The first-order chi connectivity index (χ1) is 6.85. The maximum atomic E-state index is 11.7. The summed E-state index contributed by atoms with van der Waals surface area (Å²) in [5, 5.41) is 8.34. The molecule has 0 aromatic carbocycles. The molecule has 1 heterocycles. The Morgan fingerprint density at radius 3 is 2.40 bits per heavy atom. The Bertz CT molecular complexity index is 368. The number of hydrogen-bond donors (Lipinski definition) is 0. The largest absolute Gasteiger partial charge is 0.454 e. The molecule has 0 spiro atoms. The molecule has 6 heteroatoms. The molecule has 0 saturated carbocycles. The van der Waals surface area contributed by atoms with Gasteiger partial charge < -0.3 is 4.74 Å². The van der Waals surface area contributed by atoms with Crippen LogP contribution in [-0.2, 0) is 11.8 Å². The van der Waals surface area contributed by atoms with Crippen molar-refractivity contribution >= 4 is 17.7 Å². The van der Waals surface area contributed by atoms with Gasteiger partial charge in [0.1, 0.15) is 5.60 Å². The number of rotatable bonds is 2. The van der Waals surface area contributed by atoms with Crippen molar-refractivity contribution in [2.75, 3.05) is 6.26 Å². The van der Waals surface area contributed by atoms with Crippen molar-refractivity contribution in [2.24, 2.45) is 7.05 Å². The van der Waals surface area contributed by atoms with Crippen LogP contribution >= 0.6 is 11.8 Å². The van der Waals surface area contributed by atoms with Gasteiger partial charge in [0.05, 0.1) is 0 Å². The van der Waals surface area contributed by atoms with E-state index in [4.69, 9.17) is 4.74 Å². The molecule has 5 nitrogen and oxygen atoms in total. The van der Waals surface area contributed by atoms with Crippen LogP contribution in [0.1, 0.15) is 31.4 Å². The summed E-state index contributed by atoms with van der Waals surface area (Å²) in [6.45, 7) is 5.45. The van der Waals surface area contributed by atoms with E-state index in [-0.39, 0.29) is 5.82 Å². The van der Waals surface area contributed by atoms with E-state index >= 15 is 0 Å². The Labute approximate surface area is 93.2 Å². The SMILES string of the molecule is CSc1nnc(C(=O)OC(C)(C)C)n1C. The highest BCUT2D eigenvalue weighted by Gasteiger charge is 2.22. The molecule has 1 rings (SSSR count). The molecule has 0 aliphatic rings. The van der Waals surface area contributed by atoms with Crippen molar-refractivity contribution in [1.29, 1.82) is 0 Å². The highest BCUT2D eigenvalue weighted by Crippen LogP contribution is 2.14. The second kappa shape index (κ2) is 4.22. The lowest BCUT2D eigenvalue weighted by Gasteiger charge is -2.18. The second-order valence-corrected chi connectivity index (χ2v) is 4.84. The lowest BCUT2D eigenvalue weighted by molar-refractivity contribution is 0.00507. The molecule has 0 fully saturated rings. The van der Waals surface area contributed by atoms with Crippen molar-refractivity contribution < 1.29 is 9.53 Å². The minimum absolute atomic E-state index is 0.231. The number of carbonyl (C=O) groups is 1. The number of hydrogen-bond acceptors (Lipinski definition) is 5. The van der Waals surface area contributed by atoms with E-state index in [9.17, 15) is 4.79 Å². The van der Waals surface area contributed by atoms with Gasteiger partial charge in [0.25, 0.3) is 0 Å². The molecule has 0 unspecified atom stereocenters. The third kappa shape index (κ3) is 2.95. The first-order valence-electron chi connectivity index (χ1n) is 4.52. The van der Waals surface area contributed by atoms with Crippen LogP contribution in [0, 0.1) is 0 Å². The Morgan fingerprint density at radius 2 is 2.00 bits per heavy atom. The van der Waals surface area contributed by atoms with Gasteiger partial charge in [0.2, 0.25) is 5.82 Å². The summed E-state index contributed by atoms with van der Waals surface area (Å²) in [6, 6.07) is 0. The molecule has 15 heavy (non-hydrogen) atoms. The van der Waals surface area contributed by atoms with E-state index in [2.05, 4.69) is 10.2 Å². The first kappa shape index (κ1) is 12.0. The standard InChI is InChI=1S/C9H15N3O2S/c1-9(2,3)14-7(13)6-10-11-8(15-5)12(6)4/h1-5H3. The van der Waals surface area contributed by atoms with Crippen LogP contribution in [0.5, 0.6) is 0 Å². The average molecular weight is 229 g/mol. The minimum Gasteiger partial charge on any atom is -0.454 e. The lowest BCUT2D eigenvalue weighted by Crippen LogP contribution is -2.25. The fraction of sp³-hybridized carbons (Fsp3) is 0.667. The Hall–Kier alpha value is -1.04. The number of aromatic nitrogens is 3. The summed E-state index contributed by atoms with van der Waals surface area (Å²) in [7, 11) is 1.74. The summed E-state index contributed by atoms with van der Waals surface area (Å²) in [6.07, 6.45) is 1.88. The van der Waals surface area contributed by atoms with Crippen LogP contribution in [-0.4, -0.2) is 32.6 Å². The van der Waals surface area contributed by atoms with E-state index in [1.807, 2.05) is 27.0 Å². The average Bonchev–Trinajstić information content (AvgIpc) is 2.43. The zero-order valence-corrected chi connectivity index (χ0v) is 10.4. The molecular weight excluding hydrogens is 214 g/mol. The van der Waals surface area contributed by atoms with Crippen LogP contribution < -0.4 is 0 Å². The van der Waals surface area contributed by atoms with Gasteiger partial charge in [-0.25, -0.2) is 4.79 Å². The van der Waals surface area contributed by atoms with Crippen molar-refractivity contribution in [3.63, 3.8) is 0 Å². The zero-order valence-electron chi connectivity index (χ0n) is 9.57. The molecule has 0 bridgehead atoms. The molecule has 0 atom stereocenters. The second-order valence-electron chi connectivity index (χ2n) is 4.07.